The molecule has 0 aromatic heterocycles. The summed E-state index contributed by atoms with van der Waals surface area (Å²) in [6, 6.07) is 9.41. The Morgan fingerprint density at radius 2 is 1.86 bits per heavy atom. The van der Waals surface area contributed by atoms with Gasteiger partial charge in [0.1, 0.15) is 5.41 Å². The molecule has 158 valence electrons. The molecule has 0 bridgehead atoms. The maximum atomic E-state index is 13.1. The van der Waals surface area contributed by atoms with Crippen molar-refractivity contribution in [3.8, 4) is 0 Å². The third-order valence-electron chi connectivity index (χ3n) is 5.48. The zero-order valence-electron chi connectivity index (χ0n) is 17.5. The van der Waals surface area contributed by atoms with Gasteiger partial charge in [-0.1, -0.05) is 69.3 Å². The molecule has 2 N–H and O–H groups in total. The monoisotopic (exact) mass is 417 g/mol. The van der Waals surface area contributed by atoms with Gasteiger partial charge in [-0.2, -0.15) is 0 Å². The van der Waals surface area contributed by atoms with Crippen LogP contribution in [0.5, 0.6) is 0 Å². The number of thioether (sulfide) groups is 1. The topological polar surface area (TPSA) is 87.0 Å². The molecule has 0 saturated carbocycles. The van der Waals surface area contributed by atoms with Crippen molar-refractivity contribution in [2.24, 2.45) is 16.3 Å². The van der Waals surface area contributed by atoms with Crippen LogP contribution in [0.25, 0.3) is 0 Å². The van der Waals surface area contributed by atoms with Crippen molar-refractivity contribution in [1.29, 1.82) is 0 Å². The van der Waals surface area contributed by atoms with Crippen molar-refractivity contribution in [3.63, 3.8) is 0 Å². The summed E-state index contributed by atoms with van der Waals surface area (Å²) in [6.45, 7) is 5.77. The van der Waals surface area contributed by atoms with Crippen LogP contribution >= 0.6 is 11.8 Å². The smallest absolute Gasteiger partial charge is 0.316 e. The molecule has 0 spiro atoms. The molecule has 0 fully saturated rings. The summed E-state index contributed by atoms with van der Waals surface area (Å²) >= 11 is 1.20. The molecule has 1 aromatic rings. The molecule has 1 aromatic carbocycles. The van der Waals surface area contributed by atoms with E-state index in [1.807, 2.05) is 51.1 Å². The molecule has 0 saturated heterocycles. The average molecular weight is 418 g/mol. The maximum absolute atomic E-state index is 13.1. The van der Waals surface area contributed by atoms with Crippen LogP contribution in [-0.2, 0) is 9.59 Å². The van der Waals surface area contributed by atoms with Gasteiger partial charge in [-0.3, -0.25) is 14.6 Å². The summed E-state index contributed by atoms with van der Waals surface area (Å²) < 4.78 is 0. The Labute approximate surface area is 177 Å². The Morgan fingerprint density at radius 3 is 2.38 bits per heavy atom. The number of carboxylic acids is 1. The molecule has 5 nitrogen and oxygen atoms in total. The first-order valence-corrected chi connectivity index (χ1v) is 11.3. The van der Waals surface area contributed by atoms with Crippen molar-refractivity contribution in [1.82, 2.24) is 0 Å². The standard InChI is InChI=1S/C23H31NO4S/c1-4-14-23(22(27)28)17(13-10-15-25)19(21(26)29-6-3)18(5-2)24-20(23)16-11-8-7-9-12-16/h7-9,11-12,17,25H,4-6,10,13-15H2,1-3H3,(H,27,28). The van der Waals surface area contributed by atoms with Crippen LogP contribution in [0.1, 0.15) is 58.4 Å². The van der Waals surface area contributed by atoms with Gasteiger partial charge in [-0.15, -0.1) is 0 Å². The predicted molar refractivity (Wildman–Crippen MR) is 118 cm³/mol. The van der Waals surface area contributed by atoms with E-state index in [1.54, 1.807) is 0 Å². The Kier molecular flexibility index (Phi) is 8.65. The Balaban J connectivity index is 2.83. The van der Waals surface area contributed by atoms with E-state index in [0.717, 1.165) is 5.56 Å². The fourth-order valence-corrected chi connectivity index (χ4v) is 4.97. The first kappa shape index (κ1) is 23.4. The molecule has 0 radical (unpaired) electrons. The van der Waals surface area contributed by atoms with Crippen LogP contribution in [-0.4, -0.2) is 39.4 Å². The third kappa shape index (κ3) is 4.64. The van der Waals surface area contributed by atoms with Gasteiger partial charge < -0.3 is 10.2 Å². The average Bonchev–Trinajstić information content (AvgIpc) is 2.72. The highest BCUT2D eigenvalue weighted by molar-refractivity contribution is 8.14. The summed E-state index contributed by atoms with van der Waals surface area (Å²) in [5.74, 6) is -0.844. The molecule has 1 aliphatic rings. The van der Waals surface area contributed by atoms with Crippen LogP contribution in [0.15, 0.2) is 46.6 Å². The molecule has 2 unspecified atom stereocenters. The second-order valence-electron chi connectivity index (χ2n) is 7.21. The number of aliphatic carboxylic acids is 1. The lowest BCUT2D eigenvalue weighted by Gasteiger charge is -2.42. The van der Waals surface area contributed by atoms with Gasteiger partial charge in [0.15, 0.2) is 0 Å². The third-order valence-corrected chi connectivity index (χ3v) is 6.25. The van der Waals surface area contributed by atoms with E-state index in [0.29, 0.717) is 54.8 Å². The van der Waals surface area contributed by atoms with Gasteiger partial charge in [0.05, 0.1) is 5.71 Å². The van der Waals surface area contributed by atoms with Crippen LogP contribution in [0.4, 0.5) is 0 Å². The highest BCUT2D eigenvalue weighted by Crippen LogP contribution is 2.49. The van der Waals surface area contributed by atoms with Crippen molar-refractivity contribution in [3.05, 3.63) is 47.2 Å². The van der Waals surface area contributed by atoms with E-state index in [1.165, 1.54) is 11.8 Å². The largest absolute Gasteiger partial charge is 0.481 e. The van der Waals surface area contributed by atoms with E-state index in [4.69, 9.17) is 4.99 Å². The van der Waals surface area contributed by atoms with Crippen molar-refractivity contribution in [2.45, 2.75) is 52.9 Å². The van der Waals surface area contributed by atoms with Crippen LogP contribution < -0.4 is 0 Å². The lowest BCUT2D eigenvalue weighted by Crippen LogP contribution is -2.50. The van der Waals surface area contributed by atoms with Gasteiger partial charge in [0.25, 0.3) is 0 Å². The van der Waals surface area contributed by atoms with E-state index in [2.05, 4.69) is 0 Å². The van der Waals surface area contributed by atoms with E-state index >= 15 is 0 Å². The number of carbonyl (C=O) groups is 2. The summed E-state index contributed by atoms with van der Waals surface area (Å²) in [5.41, 5.74) is 1.22. The Bertz CT molecular complexity index is 787. The quantitative estimate of drug-likeness (QED) is 0.576. The number of carbonyl (C=O) groups excluding carboxylic acids is 1. The molecule has 0 aliphatic carbocycles. The lowest BCUT2D eigenvalue weighted by molar-refractivity contribution is -0.147. The molecular weight excluding hydrogens is 386 g/mol. The minimum atomic E-state index is -1.29. The number of allylic oxidation sites excluding steroid dienone is 1. The highest BCUT2D eigenvalue weighted by Gasteiger charge is 2.54. The number of rotatable bonds is 10. The first-order valence-electron chi connectivity index (χ1n) is 10.4. The molecule has 6 heteroatoms. The molecule has 2 atom stereocenters. The van der Waals surface area contributed by atoms with Gasteiger partial charge in [-0.25, -0.2) is 0 Å². The van der Waals surface area contributed by atoms with Crippen molar-refractivity contribution < 1.29 is 19.8 Å². The number of carboxylic acid groups (broad SMARTS) is 1. The van der Waals surface area contributed by atoms with Gasteiger partial charge >= 0.3 is 5.97 Å². The summed E-state index contributed by atoms with van der Waals surface area (Å²) in [7, 11) is 0. The number of hydrogen-bond acceptors (Lipinski definition) is 5. The zero-order valence-corrected chi connectivity index (χ0v) is 18.3. The molecule has 29 heavy (non-hydrogen) atoms. The number of benzene rings is 1. The number of aliphatic hydroxyl groups is 1. The van der Waals surface area contributed by atoms with Gasteiger partial charge in [0.2, 0.25) is 5.12 Å². The Morgan fingerprint density at radius 1 is 1.17 bits per heavy atom. The lowest BCUT2D eigenvalue weighted by atomic mass is 9.61. The van der Waals surface area contributed by atoms with E-state index < -0.39 is 17.3 Å². The van der Waals surface area contributed by atoms with Crippen molar-refractivity contribution >= 4 is 28.6 Å². The number of hydrogen-bond donors (Lipinski definition) is 2. The minimum Gasteiger partial charge on any atom is -0.481 e. The number of aliphatic hydroxyl groups excluding tert-OH is 1. The van der Waals surface area contributed by atoms with Gasteiger partial charge in [-0.05, 0) is 37.0 Å². The minimum absolute atomic E-state index is 0.0417. The summed E-state index contributed by atoms with van der Waals surface area (Å²) in [6.07, 6.45) is 2.47. The summed E-state index contributed by atoms with van der Waals surface area (Å²) in [4.78, 5) is 30.8. The molecule has 1 heterocycles. The Hall–Kier alpha value is -1.92. The van der Waals surface area contributed by atoms with E-state index in [9.17, 15) is 19.8 Å². The second-order valence-corrected chi connectivity index (χ2v) is 8.44. The zero-order chi connectivity index (χ0) is 21.4. The van der Waals surface area contributed by atoms with Crippen LogP contribution in [0, 0.1) is 11.3 Å². The fraction of sp³-hybridized carbons (Fsp3) is 0.522. The fourth-order valence-electron chi connectivity index (χ4n) is 4.29. The molecule has 1 aliphatic heterocycles. The van der Waals surface area contributed by atoms with Crippen LogP contribution in [0.3, 0.4) is 0 Å². The molecule has 2 rings (SSSR count). The summed E-state index contributed by atoms with van der Waals surface area (Å²) in [5, 5.41) is 19.9. The molecular formula is C23H31NO4S. The van der Waals surface area contributed by atoms with E-state index in [-0.39, 0.29) is 11.7 Å². The predicted octanol–water partition coefficient (Wildman–Crippen LogP) is 4.69. The van der Waals surface area contributed by atoms with Crippen molar-refractivity contribution in [2.75, 3.05) is 12.4 Å². The number of nitrogens with zero attached hydrogens (tertiary/aromatic N) is 1. The molecule has 0 amide bonds. The normalized spacial score (nSPS) is 21.8. The number of aliphatic imine (C=N–C) groups is 1. The van der Waals surface area contributed by atoms with Crippen LogP contribution in [0.2, 0.25) is 0 Å². The van der Waals surface area contributed by atoms with Gasteiger partial charge in [0, 0.05) is 23.8 Å². The first-order chi connectivity index (χ1) is 14.0. The highest BCUT2D eigenvalue weighted by atomic mass is 32.2. The maximum Gasteiger partial charge on any atom is 0.316 e. The SMILES string of the molecule is CCCC1(C(=O)O)C(c2ccccc2)=NC(CC)=C(C(=O)SCC)C1CCCO. The second kappa shape index (κ2) is 10.7.